The van der Waals surface area contributed by atoms with Gasteiger partial charge < -0.3 is 19.3 Å². The average Bonchev–Trinajstić information content (AvgIpc) is 3.20. The van der Waals surface area contributed by atoms with Crippen LogP contribution in [0.15, 0.2) is 47.5 Å². The number of urea groups is 1. The Morgan fingerprint density at radius 2 is 1.67 bits per heavy atom. The third-order valence-electron chi connectivity index (χ3n) is 6.56. The molecule has 0 unspecified atom stereocenters. The van der Waals surface area contributed by atoms with E-state index in [0.29, 0.717) is 48.5 Å². The van der Waals surface area contributed by atoms with Crippen molar-refractivity contribution in [3.05, 3.63) is 58.6 Å². The number of hydrogen-bond acceptors (Lipinski definition) is 5. The zero-order valence-corrected chi connectivity index (χ0v) is 22.2. The molecule has 2 aromatic carbocycles. The van der Waals surface area contributed by atoms with Crippen LogP contribution in [0.4, 0.5) is 4.79 Å². The molecule has 1 fully saturated rings. The number of amides is 3. The number of halogens is 1. The zero-order chi connectivity index (χ0) is 26.0. The Kier molecular flexibility index (Phi) is 7.73. The molecular formula is C27H33ClN4O4. The highest BCUT2D eigenvalue weighted by Gasteiger charge is 2.42. The van der Waals surface area contributed by atoms with E-state index in [4.69, 9.17) is 26.1 Å². The summed E-state index contributed by atoms with van der Waals surface area (Å²) < 4.78 is 11.6. The third kappa shape index (κ3) is 5.28. The van der Waals surface area contributed by atoms with Crippen molar-refractivity contribution in [2.75, 3.05) is 33.3 Å². The first-order valence-electron chi connectivity index (χ1n) is 12.2. The molecule has 36 heavy (non-hydrogen) atoms. The zero-order valence-electron chi connectivity index (χ0n) is 21.4. The fourth-order valence-electron chi connectivity index (χ4n) is 4.64. The second-order valence-corrected chi connectivity index (χ2v) is 9.80. The number of carbonyl (C=O) groups excluding carboxylic acids is 2. The number of ether oxygens (including phenoxy) is 2. The lowest BCUT2D eigenvalue weighted by atomic mass is 10.0. The Balaban J connectivity index is 1.74. The lowest BCUT2D eigenvalue weighted by Crippen LogP contribution is -2.55. The third-order valence-corrected chi connectivity index (χ3v) is 6.81. The molecule has 0 spiro atoms. The summed E-state index contributed by atoms with van der Waals surface area (Å²) in [6.45, 7) is 9.44. The van der Waals surface area contributed by atoms with Crippen LogP contribution in [0.3, 0.4) is 0 Å². The van der Waals surface area contributed by atoms with E-state index in [-0.39, 0.29) is 30.1 Å². The highest BCUT2D eigenvalue weighted by atomic mass is 35.5. The first-order chi connectivity index (χ1) is 17.2. The van der Waals surface area contributed by atoms with Gasteiger partial charge in [-0.1, -0.05) is 23.7 Å². The molecule has 0 aromatic heterocycles. The quantitative estimate of drug-likeness (QED) is 0.586. The Bertz CT molecular complexity index is 1140. The van der Waals surface area contributed by atoms with Crippen molar-refractivity contribution in [3.8, 4) is 11.5 Å². The molecule has 2 aromatic rings. The molecule has 0 radical (unpaired) electrons. The van der Waals surface area contributed by atoms with E-state index in [1.165, 1.54) is 0 Å². The minimum atomic E-state index is -0.270. The monoisotopic (exact) mass is 512 g/mol. The van der Waals surface area contributed by atoms with Crippen molar-refractivity contribution >= 4 is 29.4 Å². The number of hydrogen-bond donors (Lipinski definition) is 0. The van der Waals surface area contributed by atoms with Gasteiger partial charge in [-0.25, -0.2) is 4.79 Å². The van der Waals surface area contributed by atoms with E-state index < -0.39 is 0 Å². The van der Waals surface area contributed by atoms with Crippen LogP contribution < -0.4 is 9.47 Å². The molecule has 1 saturated heterocycles. The molecule has 8 nitrogen and oxygen atoms in total. The second-order valence-electron chi connectivity index (χ2n) is 9.36. The molecule has 0 N–H and O–H groups in total. The summed E-state index contributed by atoms with van der Waals surface area (Å²) >= 11 is 6.13. The van der Waals surface area contributed by atoms with Gasteiger partial charge >= 0.3 is 6.03 Å². The first kappa shape index (κ1) is 25.8. The molecule has 2 aliphatic rings. The summed E-state index contributed by atoms with van der Waals surface area (Å²) in [6, 6.07) is 12.5. The summed E-state index contributed by atoms with van der Waals surface area (Å²) in [6.07, 6.45) is -0.0776. The predicted octanol–water partition coefficient (Wildman–Crippen LogP) is 4.61. The van der Waals surface area contributed by atoms with Crippen LogP contribution >= 0.6 is 11.6 Å². The van der Waals surface area contributed by atoms with Crippen LogP contribution in [0.5, 0.6) is 11.5 Å². The SMILES string of the molecule is COc1ccc(C2=N[C@@H](c3ccc(Cl)cc3)[C@@H](C)N2C(=O)N2CCN(C(C)=O)CC2)c(OC(C)C)c1. The van der Waals surface area contributed by atoms with E-state index >= 15 is 0 Å². The van der Waals surface area contributed by atoms with Crippen molar-refractivity contribution < 1.29 is 19.1 Å². The second kappa shape index (κ2) is 10.8. The molecule has 0 saturated carbocycles. The van der Waals surface area contributed by atoms with Gasteiger partial charge in [0.25, 0.3) is 0 Å². The minimum absolute atomic E-state index is 0.0235. The summed E-state index contributed by atoms with van der Waals surface area (Å²) in [4.78, 5) is 36.1. The number of nitrogens with zero attached hydrogens (tertiary/aromatic N) is 4. The molecule has 2 aliphatic heterocycles. The molecule has 9 heteroatoms. The van der Waals surface area contributed by atoms with E-state index in [2.05, 4.69) is 0 Å². The van der Waals surface area contributed by atoms with Crippen molar-refractivity contribution in [1.82, 2.24) is 14.7 Å². The van der Waals surface area contributed by atoms with Crippen molar-refractivity contribution in [1.29, 1.82) is 0 Å². The van der Waals surface area contributed by atoms with Crippen molar-refractivity contribution in [2.45, 2.75) is 45.9 Å². The number of methoxy groups -OCH3 is 1. The molecule has 2 atom stereocenters. The van der Waals surface area contributed by atoms with E-state index in [1.807, 2.05) is 63.2 Å². The Labute approximate surface area is 217 Å². The van der Waals surface area contributed by atoms with Crippen LogP contribution in [-0.2, 0) is 4.79 Å². The highest BCUT2D eigenvalue weighted by molar-refractivity contribution is 6.30. The van der Waals surface area contributed by atoms with Gasteiger partial charge in [0, 0.05) is 44.2 Å². The van der Waals surface area contributed by atoms with E-state index in [0.717, 1.165) is 11.1 Å². The molecule has 0 aliphatic carbocycles. The molecular weight excluding hydrogens is 480 g/mol. The fourth-order valence-corrected chi connectivity index (χ4v) is 4.77. The average molecular weight is 513 g/mol. The number of aliphatic imine (C=N–C) groups is 1. The number of amidine groups is 1. The van der Waals surface area contributed by atoms with Gasteiger partial charge in [-0.05, 0) is 50.6 Å². The van der Waals surface area contributed by atoms with Gasteiger partial charge in [0.05, 0.1) is 30.9 Å². The van der Waals surface area contributed by atoms with Gasteiger partial charge in [0.15, 0.2) is 0 Å². The van der Waals surface area contributed by atoms with Gasteiger partial charge in [-0.15, -0.1) is 0 Å². The topological polar surface area (TPSA) is 74.7 Å². The molecule has 3 amide bonds. The smallest absolute Gasteiger partial charge is 0.326 e. The van der Waals surface area contributed by atoms with Crippen molar-refractivity contribution in [2.24, 2.45) is 4.99 Å². The maximum Gasteiger partial charge on any atom is 0.326 e. The van der Waals surface area contributed by atoms with Crippen molar-refractivity contribution in [3.63, 3.8) is 0 Å². The minimum Gasteiger partial charge on any atom is -0.497 e. The van der Waals surface area contributed by atoms with E-state index in [9.17, 15) is 9.59 Å². The van der Waals surface area contributed by atoms with Gasteiger partial charge in [0.1, 0.15) is 17.3 Å². The van der Waals surface area contributed by atoms with Crippen LogP contribution in [0.1, 0.15) is 44.9 Å². The summed E-state index contributed by atoms with van der Waals surface area (Å²) in [7, 11) is 1.61. The Morgan fingerprint density at radius 1 is 1.03 bits per heavy atom. The standard InChI is InChI=1S/C27H33ClN4O4/c1-17(2)36-24-16-22(35-5)10-11-23(24)26-29-25(20-6-8-21(28)9-7-20)18(3)32(26)27(34)31-14-12-30(13-15-31)19(4)33/h6-11,16-18,25H,12-15H2,1-5H3/t18-,25-/m1/s1. The molecule has 4 rings (SSSR count). The van der Waals surface area contributed by atoms with E-state index in [1.54, 1.807) is 28.7 Å². The largest absolute Gasteiger partial charge is 0.497 e. The first-order valence-corrected chi connectivity index (χ1v) is 12.6. The molecule has 2 heterocycles. The Morgan fingerprint density at radius 3 is 2.25 bits per heavy atom. The fraction of sp³-hybridized carbons (Fsp3) is 0.444. The Hall–Kier alpha value is -3.26. The normalized spacial score (nSPS) is 20.0. The lowest BCUT2D eigenvalue weighted by molar-refractivity contribution is -0.130. The molecule has 192 valence electrons. The maximum atomic E-state index is 13.9. The summed E-state index contributed by atoms with van der Waals surface area (Å²) in [5.41, 5.74) is 1.70. The number of piperazine rings is 1. The predicted molar refractivity (Wildman–Crippen MR) is 140 cm³/mol. The number of benzene rings is 2. The van der Waals surface area contributed by atoms with Crippen LogP contribution in [0, 0.1) is 0 Å². The summed E-state index contributed by atoms with van der Waals surface area (Å²) in [5.74, 6) is 1.84. The molecule has 0 bridgehead atoms. The van der Waals surface area contributed by atoms with Gasteiger partial charge in [-0.3, -0.25) is 14.7 Å². The summed E-state index contributed by atoms with van der Waals surface area (Å²) in [5, 5.41) is 0.646. The highest BCUT2D eigenvalue weighted by Crippen LogP contribution is 2.37. The van der Waals surface area contributed by atoms with Crippen LogP contribution in [-0.4, -0.2) is 77.9 Å². The number of carbonyl (C=O) groups is 2. The van der Waals surface area contributed by atoms with Crippen LogP contribution in [0.25, 0.3) is 0 Å². The lowest BCUT2D eigenvalue weighted by Gasteiger charge is -2.38. The van der Waals surface area contributed by atoms with Crippen LogP contribution in [0.2, 0.25) is 5.02 Å². The maximum absolute atomic E-state index is 13.9. The van der Waals surface area contributed by atoms with Gasteiger partial charge in [0.2, 0.25) is 5.91 Å². The van der Waals surface area contributed by atoms with Gasteiger partial charge in [-0.2, -0.15) is 0 Å². The number of rotatable bonds is 5.